The first-order valence-corrected chi connectivity index (χ1v) is 8.69. The van der Waals surface area contributed by atoms with E-state index in [-0.39, 0.29) is 25.4 Å². The summed E-state index contributed by atoms with van der Waals surface area (Å²) in [5.74, 6) is -3.56. The molecular weight excluding hydrogens is 367 g/mol. The Bertz CT molecular complexity index is 524. The fraction of sp³-hybridized carbons (Fsp3) is 0.833. The molecule has 0 spiro atoms. The molecule has 0 aromatic heterocycles. The van der Waals surface area contributed by atoms with Crippen LogP contribution in [0, 0.1) is 11.3 Å². The molecule has 0 aromatic rings. The largest absolute Gasteiger partial charge is 0.471 e. The molecule has 0 aromatic carbocycles. The molecule has 158 valence electrons. The van der Waals surface area contributed by atoms with Crippen LogP contribution in [0.25, 0.3) is 0 Å². The monoisotopic (exact) mass is 397 g/mol. The first kappa shape index (κ1) is 25.2. The van der Waals surface area contributed by atoms with Crippen molar-refractivity contribution in [1.82, 2.24) is 5.32 Å². The standard InChI is InChI=1S/C18H30F3NO5/c1-16(2,3)27-13(23)7-8-17(4,5)10-12(9-14(24)26-6)11-22-15(25)18(19,20)21/h12H,7-11H2,1-6H3,(H,22,25). The minimum Gasteiger partial charge on any atom is -0.469 e. The Hall–Kier alpha value is -1.80. The Kier molecular flexibility index (Phi) is 9.28. The summed E-state index contributed by atoms with van der Waals surface area (Å²) in [6.07, 6.45) is -4.23. The van der Waals surface area contributed by atoms with Gasteiger partial charge in [-0.3, -0.25) is 14.4 Å². The number of methoxy groups -OCH3 is 1. The molecule has 1 N–H and O–H groups in total. The summed E-state index contributed by atoms with van der Waals surface area (Å²) in [5.41, 5.74) is -1.06. The lowest BCUT2D eigenvalue weighted by Crippen LogP contribution is -2.40. The molecule has 0 heterocycles. The zero-order chi connectivity index (χ0) is 21.5. The van der Waals surface area contributed by atoms with Crippen LogP contribution in [0.3, 0.4) is 0 Å². The van der Waals surface area contributed by atoms with Gasteiger partial charge in [0.05, 0.1) is 13.5 Å². The predicted octanol–water partition coefficient (Wildman–Crippen LogP) is 3.38. The van der Waals surface area contributed by atoms with Crippen molar-refractivity contribution < 1.29 is 37.0 Å². The smallest absolute Gasteiger partial charge is 0.469 e. The van der Waals surface area contributed by atoms with Crippen LogP contribution in [-0.4, -0.2) is 43.3 Å². The third-order valence-corrected chi connectivity index (χ3v) is 3.76. The first-order chi connectivity index (χ1) is 12.1. The molecule has 0 bridgehead atoms. The summed E-state index contributed by atoms with van der Waals surface area (Å²) in [4.78, 5) is 34.4. The van der Waals surface area contributed by atoms with Gasteiger partial charge in [0, 0.05) is 13.0 Å². The molecular formula is C18H30F3NO5. The molecule has 0 aliphatic rings. The highest BCUT2D eigenvalue weighted by atomic mass is 19.4. The Morgan fingerprint density at radius 2 is 1.56 bits per heavy atom. The van der Waals surface area contributed by atoms with Crippen molar-refractivity contribution in [2.45, 2.75) is 72.1 Å². The van der Waals surface area contributed by atoms with E-state index in [0.717, 1.165) is 0 Å². The number of amides is 1. The number of hydrogen-bond donors (Lipinski definition) is 1. The van der Waals surface area contributed by atoms with Gasteiger partial charge >= 0.3 is 24.0 Å². The summed E-state index contributed by atoms with van der Waals surface area (Å²) < 4.78 is 46.9. The van der Waals surface area contributed by atoms with E-state index >= 15 is 0 Å². The van der Waals surface area contributed by atoms with Gasteiger partial charge in [-0.15, -0.1) is 0 Å². The molecule has 27 heavy (non-hydrogen) atoms. The van der Waals surface area contributed by atoms with Crippen LogP contribution < -0.4 is 5.32 Å². The SMILES string of the molecule is COC(=O)CC(CNC(=O)C(F)(F)F)CC(C)(C)CCC(=O)OC(C)(C)C. The van der Waals surface area contributed by atoms with E-state index in [1.54, 1.807) is 20.8 Å². The maximum Gasteiger partial charge on any atom is 0.471 e. The second-order valence-electron chi connectivity index (χ2n) is 8.31. The van der Waals surface area contributed by atoms with Crippen LogP contribution in [0.15, 0.2) is 0 Å². The van der Waals surface area contributed by atoms with E-state index in [9.17, 15) is 27.6 Å². The molecule has 0 rings (SSSR count). The lowest BCUT2D eigenvalue weighted by atomic mass is 9.78. The second-order valence-corrected chi connectivity index (χ2v) is 8.31. The van der Waals surface area contributed by atoms with E-state index < -0.39 is 35.0 Å². The number of hydrogen-bond acceptors (Lipinski definition) is 5. The predicted molar refractivity (Wildman–Crippen MR) is 92.7 cm³/mol. The van der Waals surface area contributed by atoms with Crippen LogP contribution in [-0.2, 0) is 23.9 Å². The summed E-state index contributed by atoms with van der Waals surface area (Å²) in [5, 5.41) is 1.81. The minimum atomic E-state index is -4.98. The number of halogens is 3. The van der Waals surface area contributed by atoms with Crippen molar-refractivity contribution in [3.8, 4) is 0 Å². The van der Waals surface area contributed by atoms with Gasteiger partial charge in [-0.2, -0.15) is 13.2 Å². The molecule has 1 unspecified atom stereocenters. The minimum absolute atomic E-state index is 0.134. The van der Waals surface area contributed by atoms with E-state index in [2.05, 4.69) is 4.74 Å². The van der Waals surface area contributed by atoms with Crippen molar-refractivity contribution in [3.63, 3.8) is 0 Å². The summed E-state index contributed by atoms with van der Waals surface area (Å²) in [6, 6.07) is 0. The van der Waals surface area contributed by atoms with E-state index in [1.807, 2.05) is 19.2 Å². The fourth-order valence-electron chi connectivity index (χ4n) is 2.59. The fourth-order valence-corrected chi connectivity index (χ4v) is 2.59. The number of alkyl halides is 3. The van der Waals surface area contributed by atoms with Gasteiger partial charge in [0.25, 0.3) is 0 Å². The highest BCUT2D eigenvalue weighted by Crippen LogP contribution is 2.32. The quantitative estimate of drug-likeness (QED) is 0.603. The van der Waals surface area contributed by atoms with Gasteiger partial charge in [-0.1, -0.05) is 13.8 Å². The highest BCUT2D eigenvalue weighted by Gasteiger charge is 2.39. The average Bonchev–Trinajstić information content (AvgIpc) is 2.47. The second kappa shape index (κ2) is 9.94. The molecule has 0 aliphatic carbocycles. The van der Waals surface area contributed by atoms with Gasteiger partial charge in [-0.05, 0) is 44.9 Å². The normalized spacial score (nSPS) is 13.7. The third kappa shape index (κ3) is 12.3. The molecule has 0 fully saturated rings. The Labute approximate surface area is 158 Å². The van der Waals surface area contributed by atoms with Crippen LogP contribution in [0.4, 0.5) is 13.2 Å². The number of carbonyl (C=O) groups is 3. The lowest BCUT2D eigenvalue weighted by Gasteiger charge is -2.30. The van der Waals surface area contributed by atoms with E-state index in [0.29, 0.717) is 12.8 Å². The topological polar surface area (TPSA) is 81.7 Å². The summed E-state index contributed by atoms with van der Waals surface area (Å²) in [6.45, 7) is 8.63. The lowest BCUT2D eigenvalue weighted by molar-refractivity contribution is -0.173. The van der Waals surface area contributed by atoms with Crippen molar-refractivity contribution >= 4 is 17.8 Å². The number of rotatable bonds is 9. The molecule has 1 amide bonds. The average molecular weight is 397 g/mol. The van der Waals surface area contributed by atoms with Gasteiger partial charge < -0.3 is 14.8 Å². The van der Waals surface area contributed by atoms with E-state index in [1.165, 1.54) is 7.11 Å². The van der Waals surface area contributed by atoms with Gasteiger partial charge in [-0.25, -0.2) is 0 Å². The number of nitrogens with one attached hydrogen (secondary N) is 1. The van der Waals surface area contributed by atoms with Crippen LogP contribution in [0.1, 0.15) is 60.3 Å². The highest BCUT2D eigenvalue weighted by molar-refractivity contribution is 5.81. The van der Waals surface area contributed by atoms with Crippen molar-refractivity contribution in [2.24, 2.45) is 11.3 Å². The molecule has 0 saturated heterocycles. The third-order valence-electron chi connectivity index (χ3n) is 3.76. The van der Waals surface area contributed by atoms with Crippen LogP contribution in [0.2, 0.25) is 0 Å². The number of ether oxygens (including phenoxy) is 2. The summed E-state index contributed by atoms with van der Waals surface area (Å²) >= 11 is 0. The van der Waals surface area contributed by atoms with Crippen molar-refractivity contribution in [1.29, 1.82) is 0 Å². The Morgan fingerprint density at radius 3 is 2.00 bits per heavy atom. The molecule has 0 aliphatic heterocycles. The molecule has 9 heteroatoms. The Balaban J connectivity index is 4.83. The molecule has 1 atom stereocenters. The zero-order valence-corrected chi connectivity index (χ0v) is 16.8. The van der Waals surface area contributed by atoms with Gasteiger partial charge in [0.2, 0.25) is 0 Å². The van der Waals surface area contributed by atoms with Crippen molar-refractivity contribution in [3.05, 3.63) is 0 Å². The Morgan fingerprint density at radius 1 is 1.00 bits per heavy atom. The number of carbonyl (C=O) groups excluding carboxylic acids is 3. The summed E-state index contributed by atoms with van der Waals surface area (Å²) in [7, 11) is 1.18. The first-order valence-electron chi connectivity index (χ1n) is 8.69. The maximum absolute atomic E-state index is 12.4. The maximum atomic E-state index is 12.4. The van der Waals surface area contributed by atoms with Crippen LogP contribution in [0.5, 0.6) is 0 Å². The van der Waals surface area contributed by atoms with Gasteiger partial charge in [0.15, 0.2) is 0 Å². The molecule has 0 saturated carbocycles. The molecule has 0 radical (unpaired) electrons. The van der Waals surface area contributed by atoms with Crippen LogP contribution >= 0.6 is 0 Å². The molecule has 6 nitrogen and oxygen atoms in total. The van der Waals surface area contributed by atoms with E-state index in [4.69, 9.17) is 4.74 Å². The number of esters is 2. The van der Waals surface area contributed by atoms with Gasteiger partial charge in [0.1, 0.15) is 5.60 Å². The zero-order valence-electron chi connectivity index (χ0n) is 16.8. The van der Waals surface area contributed by atoms with Crippen molar-refractivity contribution in [2.75, 3.05) is 13.7 Å².